The number of imidazole rings is 1. The molecule has 0 fully saturated rings. The monoisotopic (exact) mass is 424 g/mol. The lowest BCUT2D eigenvalue weighted by molar-refractivity contribution is -0.122. The van der Waals surface area contributed by atoms with E-state index in [4.69, 9.17) is 0 Å². The molecule has 0 saturated carbocycles. The van der Waals surface area contributed by atoms with Crippen LogP contribution < -0.4 is 10.6 Å². The van der Waals surface area contributed by atoms with E-state index in [0.29, 0.717) is 18.7 Å². The number of carbonyl (C=O) groups excluding carboxylic acids is 2. The zero-order chi connectivity index (χ0) is 22.4. The molecule has 0 aliphatic carbocycles. The van der Waals surface area contributed by atoms with Gasteiger partial charge in [0.15, 0.2) is 11.5 Å². The minimum Gasteiger partial charge on any atom is -0.508 e. The first-order chi connectivity index (χ1) is 14.8. The van der Waals surface area contributed by atoms with E-state index in [9.17, 15) is 24.9 Å². The fourth-order valence-electron chi connectivity index (χ4n) is 3.06. The van der Waals surface area contributed by atoms with Crippen molar-refractivity contribution in [3.63, 3.8) is 0 Å². The molecule has 0 aliphatic heterocycles. The van der Waals surface area contributed by atoms with Crippen LogP contribution in [0.4, 0.5) is 0 Å². The quantitative estimate of drug-likeness (QED) is 0.302. The van der Waals surface area contributed by atoms with E-state index >= 15 is 0 Å². The summed E-state index contributed by atoms with van der Waals surface area (Å²) in [4.78, 5) is 32.2. The van der Waals surface area contributed by atoms with Gasteiger partial charge in [-0.25, -0.2) is 4.98 Å². The van der Waals surface area contributed by atoms with Gasteiger partial charge in [0.05, 0.1) is 6.33 Å². The number of phenolic OH excluding ortho intramolecular Hbond substituents is 3. The van der Waals surface area contributed by atoms with Crippen LogP contribution in [-0.2, 0) is 17.6 Å². The number of carbonyl (C=O) groups is 2. The number of hydrogen-bond donors (Lipinski definition) is 6. The summed E-state index contributed by atoms with van der Waals surface area (Å²) < 4.78 is 0. The summed E-state index contributed by atoms with van der Waals surface area (Å²) in [5, 5.41) is 34.1. The minimum absolute atomic E-state index is 0.109. The SMILES string of the molecule is Cc1cc(CCNC(=O)C(Cc2cnc[nH]2)NC(=O)c2ccc(O)c(O)c2)ccc1O. The molecule has 1 heterocycles. The Bertz CT molecular complexity index is 1070. The van der Waals surface area contributed by atoms with E-state index in [1.54, 1.807) is 25.3 Å². The van der Waals surface area contributed by atoms with Gasteiger partial charge in [-0.15, -0.1) is 0 Å². The standard InChI is InChI=1S/C22H24N4O5/c1-13-8-14(2-4-18(13)27)6-7-24-22(31)17(10-16-11-23-12-25-16)26-21(30)15-3-5-19(28)20(29)9-15/h2-5,8-9,11-12,17,27-29H,6-7,10H2,1H3,(H,23,25)(H,24,31)(H,26,30). The summed E-state index contributed by atoms with van der Waals surface area (Å²) >= 11 is 0. The Morgan fingerprint density at radius 3 is 2.52 bits per heavy atom. The zero-order valence-electron chi connectivity index (χ0n) is 16.9. The van der Waals surface area contributed by atoms with Crippen LogP contribution in [0, 0.1) is 6.92 Å². The van der Waals surface area contributed by atoms with Crippen LogP contribution in [0.2, 0.25) is 0 Å². The van der Waals surface area contributed by atoms with Gasteiger partial charge in [0.25, 0.3) is 5.91 Å². The number of aryl methyl sites for hydroxylation is 1. The Hall–Kier alpha value is -4.01. The average Bonchev–Trinajstić information content (AvgIpc) is 3.25. The third kappa shape index (κ3) is 5.75. The summed E-state index contributed by atoms with van der Waals surface area (Å²) in [6.45, 7) is 2.15. The van der Waals surface area contributed by atoms with Crippen LogP contribution in [0.25, 0.3) is 0 Å². The number of benzene rings is 2. The Labute approximate surface area is 178 Å². The van der Waals surface area contributed by atoms with Gasteiger partial charge < -0.3 is 30.9 Å². The van der Waals surface area contributed by atoms with E-state index in [1.165, 1.54) is 18.5 Å². The Balaban J connectivity index is 1.65. The lowest BCUT2D eigenvalue weighted by atomic mass is 10.1. The van der Waals surface area contributed by atoms with Crippen molar-refractivity contribution in [1.29, 1.82) is 0 Å². The number of amides is 2. The Kier molecular flexibility index (Phi) is 6.76. The molecule has 162 valence electrons. The van der Waals surface area contributed by atoms with E-state index in [-0.39, 0.29) is 29.4 Å². The van der Waals surface area contributed by atoms with Crippen molar-refractivity contribution >= 4 is 11.8 Å². The summed E-state index contributed by atoms with van der Waals surface area (Å²) in [6.07, 6.45) is 3.80. The highest BCUT2D eigenvalue weighted by molar-refractivity contribution is 5.98. The number of aromatic amines is 1. The smallest absolute Gasteiger partial charge is 0.252 e. The van der Waals surface area contributed by atoms with Crippen molar-refractivity contribution in [3.05, 3.63) is 71.3 Å². The zero-order valence-corrected chi connectivity index (χ0v) is 16.9. The molecule has 1 atom stereocenters. The van der Waals surface area contributed by atoms with E-state index < -0.39 is 17.7 Å². The topological polar surface area (TPSA) is 148 Å². The summed E-state index contributed by atoms with van der Waals surface area (Å²) in [5.41, 5.74) is 2.50. The second-order valence-corrected chi connectivity index (χ2v) is 7.17. The summed E-state index contributed by atoms with van der Waals surface area (Å²) in [5.74, 6) is -1.49. The van der Waals surface area contributed by atoms with Gasteiger partial charge in [0, 0.05) is 30.4 Å². The average molecular weight is 424 g/mol. The molecule has 1 unspecified atom stereocenters. The maximum Gasteiger partial charge on any atom is 0.252 e. The second kappa shape index (κ2) is 9.66. The molecule has 0 radical (unpaired) electrons. The van der Waals surface area contributed by atoms with Crippen LogP contribution in [0.5, 0.6) is 17.2 Å². The molecule has 9 heteroatoms. The first kappa shape index (κ1) is 21.7. The van der Waals surface area contributed by atoms with Gasteiger partial charge in [-0.05, 0) is 48.7 Å². The predicted octanol–water partition coefficient (Wildman–Crippen LogP) is 1.53. The minimum atomic E-state index is -0.884. The third-order valence-electron chi connectivity index (χ3n) is 4.81. The molecular formula is C22H24N4O5. The number of aromatic hydroxyl groups is 3. The highest BCUT2D eigenvalue weighted by Gasteiger charge is 2.23. The van der Waals surface area contributed by atoms with Crippen LogP contribution in [-0.4, -0.2) is 49.7 Å². The molecule has 3 rings (SSSR count). The van der Waals surface area contributed by atoms with E-state index in [2.05, 4.69) is 20.6 Å². The van der Waals surface area contributed by atoms with Gasteiger partial charge in [0.2, 0.25) is 5.91 Å². The Morgan fingerprint density at radius 1 is 1.06 bits per heavy atom. The summed E-state index contributed by atoms with van der Waals surface area (Å²) in [7, 11) is 0. The molecule has 2 amide bonds. The molecule has 3 aromatic rings. The van der Waals surface area contributed by atoms with Crippen LogP contribution in [0.1, 0.15) is 27.2 Å². The molecule has 6 N–H and O–H groups in total. The first-order valence-electron chi connectivity index (χ1n) is 9.70. The van der Waals surface area contributed by atoms with Crippen LogP contribution in [0.15, 0.2) is 48.9 Å². The number of H-pyrrole nitrogens is 1. The number of hydrogen-bond acceptors (Lipinski definition) is 6. The highest BCUT2D eigenvalue weighted by Crippen LogP contribution is 2.24. The lowest BCUT2D eigenvalue weighted by Gasteiger charge is -2.18. The van der Waals surface area contributed by atoms with E-state index in [0.717, 1.165) is 17.2 Å². The fourth-order valence-corrected chi connectivity index (χ4v) is 3.06. The lowest BCUT2D eigenvalue weighted by Crippen LogP contribution is -2.48. The van der Waals surface area contributed by atoms with Crippen molar-refractivity contribution in [1.82, 2.24) is 20.6 Å². The van der Waals surface area contributed by atoms with Crippen molar-refractivity contribution in [2.45, 2.75) is 25.8 Å². The third-order valence-corrected chi connectivity index (χ3v) is 4.81. The van der Waals surface area contributed by atoms with Crippen molar-refractivity contribution in [3.8, 4) is 17.2 Å². The summed E-state index contributed by atoms with van der Waals surface area (Å²) in [6, 6.07) is 8.05. The Morgan fingerprint density at radius 2 is 1.84 bits per heavy atom. The van der Waals surface area contributed by atoms with Crippen molar-refractivity contribution in [2.24, 2.45) is 0 Å². The van der Waals surface area contributed by atoms with Gasteiger partial charge in [-0.1, -0.05) is 12.1 Å². The van der Waals surface area contributed by atoms with Gasteiger partial charge in [-0.2, -0.15) is 0 Å². The number of nitrogens with zero attached hydrogens (tertiary/aromatic N) is 1. The van der Waals surface area contributed by atoms with Crippen LogP contribution >= 0.6 is 0 Å². The maximum atomic E-state index is 12.8. The van der Waals surface area contributed by atoms with Crippen molar-refractivity contribution in [2.75, 3.05) is 6.54 Å². The molecule has 0 spiro atoms. The van der Waals surface area contributed by atoms with Crippen LogP contribution in [0.3, 0.4) is 0 Å². The van der Waals surface area contributed by atoms with Gasteiger partial charge >= 0.3 is 0 Å². The van der Waals surface area contributed by atoms with E-state index in [1.807, 2.05) is 6.07 Å². The highest BCUT2D eigenvalue weighted by atomic mass is 16.3. The molecule has 2 aromatic carbocycles. The molecule has 0 saturated heterocycles. The number of aromatic nitrogens is 2. The molecule has 9 nitrogen and oxygen atoms in total. The molecule has 0 bridgehead atoms. The van der Waals surface area contributed by atoms with Gasteiger partial charge in [0.1, 0.15) is 11.8 Å². The maximum absolute atomic E-state index is 12.8. The molecule has 1 aromatic heterocycles. The number of nitrogens with one attached hydrogen (secondary N) is 3. The number of phenols is 3. The van der Waals surface area contributed by atoms with Gasteiger partial charge in [-0.3, -0.25) is 9.59 Å². The largest absolute Gasteiger partial charge is 0.508 e. The van der Waals surface area contributed by atoms with Crippen molar-refractivity contribution < 1.29 is 24.9 Å². The molecular weight excluding hydrogens is 400 g/mol. The molecule has 31 heavy (non-hydrogen) atoms. The normalized spacial score (nSPS) is 11.6. The fraction of sp³-hybridized carbons (Fsp3) is 0.227. The molecule has 0 aliphatic rings. The predicted molar refractivity (Wildman–Crippen MR) is 113 cm³/mol. The number of rotatable bonds is 8. The second-order valence-electron chi connectivity index (χ2n) is 7.17. The first-order valence-corrected chi connectivity index (χ1v) is 9.70.